The fraction of sp³-hybridized carbons (Fsp3) is 0.400. The summed E-state index contributed by atoms with van der Waals surface area (Å²) in [6, 6.07) is 7.45. The Morgan fingerprint density at radius 3 is 2.69 bits per heavy atom. The van der Waals surface area contributed by atoms with Crippen LogP contribution in [-0.2, 0) is 28.9 Å². The van der Waals surface area contributed by atoms with Gasteiger partial charge in [0, 0.05) is 35.6 Å². The average Bonchev–Trinajstić information content (AvgIpc) is 2.94. The van der Waals surface area contributed by atoms with Crippen molar-refractivity contribution in [3.63, 3.8) is 0 Å². The normalized spacial score (nSPS) is 17.8. The average molecular weight is 454 g/mol. The lowest BCUT2D eigenvalue weighted by Gasteiger charge is -2.17. The van der Waals surface area contributed by atoms with Gasteiger partial charge in [-0.15, -0.1) is 0 Å². The first-order chi connectivity index (χ1) is 15.5. The van der Waals surface area contributed by atoms with Crippen LogP contribution in [0, 0.1) is 6.92 Å². The number of hydrogen-bond donors (Lipinski definition) is 1. The molecule has 0 bridgehead atoms. The Morgan fingerprint density at radius 2 is 1.94 bits per heavy atom. The van der Waals surface area contributed by atoms with Crippen molar-refractivity contribution >= 4 is 29.2 Å². The lowest BCUT2D eigenvalue weighted by Crippen LogP contribution is -2.40. The molecule has 1 aliphatic heterocycles. The van der Waals surface area contributed by atoms with Gasteiger partial charge in [-0.3, -0.25) is 9.59 Å². The SMILES string of the molecule is COC1=NC=CC(NC(=O)C(=O)c2c3c(n(Cc4ccc(Cl)cc4)c2C)CCCCC3)C1. The fourth-order valence-corrected chi connectivity index (χ4v) is 4.72. The Bertz CT molecular complexity index is 1080. The van der Waals surface area contributed by atoms with Crippen LogP contribution in [0.25, 0.3) is 0 Å². The number of rotatable bonds is 5. The van der Waals surface area contributed by atoms with E-state index in [9.17, 15) is 9.59 Å². The molecule has 32 heavy (non-hydrogen) atoms. The van der Waals surface area contributed by atoms with E-state index in [-0.39, 0.29) is 6.04 Å². The van der Waals surface area contributed by atoms with Gasteiger partial charge in [0.05, 0.1) is 18.7 Å². The number of amides is 1. The zero-order chi connectivity index (χ0) is 22.7. The van der Waals surface area contributed by atoms with Crippen molar-refractivity contribution in [3.8, 4) is 0 Å². The number of ether oxygens (including phenoxy) is 1. The van der Waals surface area contributed by atoms with Gasteiger partial charge in [-0.25, -0.2) is 4.99 Å². The van der Waals surface area contributed by atoms with Crippen LogP contribution in [0.1, 0.15) is 58.6 Å². The molecule has 6 nitrogen and oxygen atoms in total. The van der Waals surface area contributed by atoms with Crippen LogP contribution in [0.4, 0.5) is 0 Å². The second kappa shape index (κ2) is 9.74. The summed E-state index contributed by atoms with van der Waals surface area (Å²) in [4.78, 5) is 30.4. The third-order valence-corrected chi connectivity index (χ3v) is 6.51. The first-order valence-electron chi connectivity index (χ1n) is 11.1. The molecule has 0 fully saturated rings. The topological polar surface area (TPSA) is 72.7 Å². The predicted molar refractivity (Wildman–Crippen MR) is 125 cm³/mol. The third kappa shape index (κ3) is 4.65. The molecular formula is C25H28ClN3O3. The molecule has 0 saturated heterocycles. The molecule has 2 aromatic rings. The van der Waals surface area contributed by atoms with Gasteiger partial charge in [-0.05, 0) is 61.9 Å². The van der Waals surface area contributed by atoms with Gasteiger partial charge in [-0.2, -0.15) is 0 Å². The van der Waals surface area contributed by atoms with Gasteiger partial charge in [-0.1, -0.05) is 30.2 Å². The Labute approximate surface area is 193 Å². The van der Waals surface area contributed by atoms with E-state index in [1.165, 1.54) is 5.69 Å². The maximum atomic E-state index is 13.4. The van der Waals surface area contributed by atoms with E-state index in [0.717, 1.165) is 48.9 Å². The van der Waals surface area contributed by atoms with Crippen molar-refractivity contribution in [1.29, 1.82) is 0 Å². The van der Waals surface area contributed by atoms with Crippen LogP contribution in [0.2, 0.25) is 5.02 Å². The number of hydrogen-bond acceptors (Lipinski definition) is 4. The number of carbonyl (C=O) groups is 2. The van der Waals surface area contributed by atoms with Crippen LogP contribution in [-0.4, -0.2) is 35.3 Å². The van der Waals surface area contributed by atoms with Crippen LogP contribution < -0.4 is 5.32 Å². The Morgan fingerprint density at radius 1 is 1.19 bits per heavy atom. The van der Waals surface area contributed by atoms with Gasteiger partial charge >= 0.3 is 0 Å². The van der Waals surface area contributed by atoms with E-state index in [1.54, 1.807) is 19.4 Å². The van der Waals surface area contributed by atoms with E-state index in [4.69, 9.17) is 16.3 Å². The Hall–Kier alpha value is -2.86. The fourth-order valence-electron chi connectivity index (χ4n) is 4.60. The van der Waals surface area contributed by atoms with Gasteiger partial charge in [0.25, 0.3) is 11.7 Å². The van der Waals surface area contributed by atoms with Crippen molar-refractivity contribution in [2.24, 2.45) is 4.99 Å². The predicted octanol–water partition coefficient (Wildman–Crippen LogP) is 4.40. The number of aromatic nitrogens is 1. The molecule has 1 aromatic heterocycles. The first kappa shape index (κ1) is 22.3. The molecule has 1 unspecified atom stereocenters. The molecule has 1 aromatic carbocycles. The maximum absolute atomic E-state index is 13.4. The number of nitrogens with zero attached hydrogens (tertiary/aromatic N) is 2. The van der Waals surface area contributed by atoms with Crippen LogP contribution in [0.5, 0.6) is 0 Å². The van der Waals surface area contributed by atoms with Crippen LogP contribution in [0.15, 0.2) is 41.5 Å². The minimum Gasteiger partial charge on any atom is -0.484 e. The number of Topliss-reactive ketones (excluding diaryl/α,β-unsaturated/α-hetero) is 1. The first-order valence-corrected chi connectivity index (χ1v) is 11.4. The highest BCUT2D eigenvalue weighted by Gasteiger charge is 2.30. The largest absolute Gasteiger partial charge is 0.484 e. The minimum absolute atomic E-state index is 0.311. The van der Waals surface area contributed by atoms with Crippen LogP contribution >= 0.6 is 11.6 Å². The number of halogens is 1. The Kier molecular flexibility index (Phi) is 6.80. The van der Waals surface area contributed by atoms with E-state index in [2.05, 4.69) is 14.9 Å². The molecule has 1 aliphatic carbocycles. The Balaban J connectivity index is 1.62. The molecule has 1 N–H and O–H groups in total. The lowest BCUT2D eigenvalue weighted by molar-refractivity contribution is -0.117. The molecule has 0 spiro atoms. The van der Waals surface area contributed by atoms with Gasteiger partial charge in [0.1, 0.15) is 0 Å². The second-order valence-electron chi connectivity index (χ2n) is 8.34. The van der Waals surface area contributed by atoms with Gasteiger partial charge in [0.2, 0.25) is 0 Å². The second-order valence-corrected chi connectivity index (χ2v) is 8.78. The van der Waals surface area contributed by atoms with Crippen LogP contribution in [0.3, 0.4) is 0 Å². The number of fused-ring (bicyclic) bond motifs is 1. The van der Waals surface area contributed by atoms with E-state index < -0.39 is 11.7 Å². The molecular weight excluding hydrogens is 426 g/mol. The number of ketones is 1. The molecule has 168 valence electrons. The highest BCUT2D eigenvalue weighted by atomic mass is 35.5. The molecule has 1 amide bonds. The highest BCUT2D eigenvalue weighted by Crippen LogP contribution is 2.30. The van der Waals surface area contributed by atoms with E-state index in [0.29, 0.717) is 29.4 Å². The summed E-state index contributed by atoms with van der Waals surface area (Å²) in [7, 11) is 1.55. The highest BCUT2D eigenvalue weighted by molar-refractivity contribution is 6.43. The zero-order valence-electron chi connectivity index (χ0n) is 18.5. The minimum atomic E-state index is -0.587. The van der Waals surface area contributed by atoms with Crippen molar-refractivity contribution in [3.05, 3.63) is 69.6 Å². The van der Waals surface area contributed by atoms with Crippen molar-refractivity contribution in [2.75, 3.05) is 7.11 Å². The summed E-state index contributed by atoms with van der Waals surface area (Å²) in [5, 5.41) is 3.53. The van der Waals surface area contributed by atoms with Crippen molar-refractivity contribution in [2.45, 2.75) is 58.0 Å². The molecule has 4 rings (SSSR count). The van der Waals surface area contributed by atoms with E-state index >= 15 is 0 Å². The van der Waals surface area contributed by atoms with Gasteiger partial charge < -0.3 is 14.6 Å². The number of nitrogens with one attached hydrogen (secondary N) is 1. The molecule has 0 saturated carbocycles. The maximum Gasteiger partial charge on any atom is 0.292 e. The van der Waals surface area contributed by atoms with Gasteiger partial charge in [0.15, 0.2) is 5.90 Å². The number of methoxy groups -OCH3 is 1. The quantitative estimate of drug-likeness (QED) is 0.414. The summed E-state index contributed by atoms with van der Waals surface area (Å²) >= 11 is 6.05. The van der Waals surface area contributed by atoms with Crippen molar-refractivity contribution < 1.29 is 14.3 Å². The number of benzene rings is 1. The molecule has 1 atom stereocenters. The third-order valence-electron chi connectivity index (χ3n) is 6.25. The molecule has 0 radical (unpaired) electrons. The number of aliphatic imine (C=N–C) groups is 1. The summed E-state index contributed by atoms with van der Waals surface area (Å²) in [5.74, 6) is -0.523. The summed E-state index contributed by atoms with van der Waals surface area (Å²) in [6.07, 6.45) is 8.77. The summed E-state index contributed by atoms with van der Waals surface area (Å²) < 4.78 is 7.38. The summed E-state index contributed by atoms with van der Waals surface area (Å²) in [5.41, 5.74) is 4.74. The zero-order valence-corrected chi connectivity index (χ0v) is 19.2. The molecule has 2 aliphatic rings. The summed E-state index contributed by atoms with van der Waals surface area (Å²) in [6.45, 7) is 2.60. The van der Waals surface area contributed by atoms with Crippen molar-refractivity contribution in [1.82, 2.24) is 9.88 Å². The standard InChI is InChI=1S/C25H28ClN3O3/c1-16-23(24(30)25(31)28-19-12-13-27-22(14-19)32-2)20-6-4-3-5-7-21(20)29(16)15-17-8-10-18(26)11-9-17/h8-13,19H,3-7,14-15H2,1-2H3,(H,28,31). The number of carbonyl (C=O) groups excluding carboxylic acids is 2. The molecule has 2 heterocycles. The molecule has 7 heteroatoms. The monoisotopic (exact) mass is 453 g/mol. The smallest absolute Gasteiger partial charge is 0.292 e. The van der Waals surface area contributed by atoms with E-state index in [1.807, 2.05) is 31.2 Å². The lowest BCUT2D eigenvalue weighted by atomic mass is 10.00.